The standard InChI is InChI=1S/C22H25F2N3O3/c1-12(2)7-19-21(28)25-15(8-13-3-4-13)11-27(19)22(29)18-10-20(30-26-18)16-6-5-14(23)9-17(16)24/h5-6,9-10,12-13,15,19H,3-4,7-8,11H2,1-2H3,(H,25,28)/t15-,19-/m0/s1. The molecule has 2 amide bonds. The average Bonchev–Trinajstić information content (AvgIpc) is 3.35. The predicted octanol–water partition coefficient (Wildman–Crippen LogP) is 3.78. The number of nitrogens with zero attached hydrogens (tertiary/aromatic N) is 2. The van der Waals surface area contributed by atoms with Crippen LogP contribution in [-0.2, 0) is 4.79 Å². The maximum Gasteiger partial charge on any atom is 0.276 e. The van der Waals surface area contributed by atoms with Gasteiger partial charge in [0.1, 0.15) is 17.7 Å². The number of aromatic nitrogens is 1. The number of carbonyl (C=O) groups is 2. The number of nitrogens with one attached hydrogen (secondary N) is 1. The first-order chi connectivity index (χ1) is 14.3. The lowest BCUT2D eigenvalue weighted by Crippen LogP contribution is -2.62. The van der Waals surface area contributed by atoms with E-state index in [0.29, 0.717) is 18.9 Å². The minimum absolute atomic E-state index is 0.00218. The summed E-state index contributed by atoms with van der Waals surface area (Å²) < 4.78 is 32.4. The Balaban J connectivity index is 1.58. The van der Waals surface area contributed by atoms with Crippen LogP contribution in [0.4, 0.5) is 8.78 Å². The Morgan fingerprint density at radius 1 is 1.30 bits per heavy atom. The van der Waals surface area contributed by atoms with Gasteiger partial charge in [-0.25, -0.2) is 8.78 Å². The van der Waals surface area contributed by atoms with Crippen LogP contribution in [0.5, 0.6) is 0 Å². The lowest BCUT2D eigenvalue weighted by molar-refractivity contribution is -0.130. The van der Waals surface area contributed by atoms with Crippen LogP contribution in [0, 0.1) is 23.5 Å². The second-order valence-corrected chi connectivity index (χ2v) is 8.69. The number of rotatable bonds is 6. The molecule has 1 saturated heterocycles. The van der Waals surface area contributed by atoms with Crippen molar-refractivity contribution in [1.82, 2.24) is 15.4 Å². The summed E-state index contributed by atoms with van der Waals surface area (Å²) in [6.07, 6.45) is 3.71. The van der Waals surface area contributed by atoms with Crippen molar-refractivity contribution in [2.45, 2.75) is 51.6 Å². The molecule has 1 aliphatic heterocycles. The number of halogens is 2. The first-order valence-electron chi connectivity index (χ1n) is 10.3. The summed E-state index contributed by atoms with van der Waals surface area (Å²) in [6, 6.07) is 3.76. The van der Waals surface area contributed by atoms with Crippen LogP contribution in [0.3, 0.4) is 0 Å². The molecule has 1 aromatic heterocycles. The van der Waals surface area contributed by atoms with Crippen molar-refractivity contribution in [2.24, 2.45) is 11.8 Å². The summed E-state index contributed by atoms with van der Waals surface area (Å²) in [4.78, 5) is 27.6. The zero-order valence-corrected chi connectivity index (χ0v) is 17.0. The molecule has 0 radical (unpaired) electrons. The molecule has 6 nitrogen and oxygen atoms in total. The molecule has 30 heavy (non-hydrogen) atoms. The molecule has 4 rings (SSSR count). The fourth-order valence-electron chi connectivity index (χ4n) is 3.98. The Hall–Kier alpha value is -2.77. The van der Waals surface area contributed by atoms with Crippen LogP contribution < -0.4 is 5.32 Å². The van der Waals surface area contributed by atoms with Gasteiger partial charge in [0.05, 0.1) is 5.56 Å². The van der Waals surface area contributed by atoms with Gasteiger partial charge in [0.15, 0.2) is 11.5 Å². The van der Waals surface area contributed by atoms with Crippen molar-refractivity contribution in [3.05, 3.63) is 41.6 Å². The fraction of sp³-hybridized carbons (Fsp3) is 0.500. The van der Waals surface area contributed by atoms with Gasteiger partial charge >= 0.3 is 0 Å². The van der Waals surface area contributed by atoms with Gasteiger partial charge in [0.2, 0.25) is 5.91 Å². The molecule has 1 aliphatic carbocycles. The Morgan fingerprint density at radius 2 is 2.07 bits per heavy atom. The molecule has 2 atom stereocenters. The van der Waals surface area contributed by atoms with Crippen LogP contribution in [0.15, 0.2) is 28.8 Å². The second kappa shape index (κ2) is 8.16. The Labute approximate surface area is 173 Å². The van der Waals surface area contributed by atoms with E-state index in [1.165, 1.54) is 12.1 Å². The topological polar surface area (TPSA) is 75.4 Å². The van der Waals surface area contributed by atoms with E-state index in [-0.39, 0.29) is 34.9 Å². The Bertz CT molecular complexity index is 955. The minimum atomic E-state index is -0.801. The first kappa shape index (κ1) is 20.5. The fourth-order valence-corrected chi connectivity index (χ4v) is 3.98. The summed E-state index contributed by atoms with van der Waals surface area (Å²) in [5.74, 6) is -1.22. The molecule has 2 aromatic rings. The van der Waals surface area contributed by atoms with E-state index in [1.54, 1.807) is 4.90 Å². The summed E-state index contributed by atoms with van der Waals surface area (Å²) in [5.41, 5.74) is 0.0204. The normalized spacial score (nSPS) is 21.8. The molecule has 2 fully saturated rings. The molecule has 0 spiro atoms. The van der Waals surface area contributed by atoms with Gasteiger partial charge in [0, 0.05) is 24.7 Å². The maximum absolute atomic E-state index is 14.1. The van der Waals surface area contributed by atoms with Gasteiger partial charge in [-0.2, -0.15) is 0 Å². The molecule has 0 bridgehead atoms. The number of hydrogen-bond acceptors (Lipinski definition) is 4. The lowest BCUT2D eigenvalue weighted by atomic mass is 9.96. The molecule has 1 saturated carbocycles. The van der Waals surface area contributed by atoms with Gasteiger partial charge < -0.3 is 14.7 Å². The third kappa shape index (κ3) is 4.37. The van der Waals surface area contributed by atoms with E-state index < -0.39 is 23.6 Å². The molecule has 1 aromatic carbocycles. The lowest BCUT2D eigenvalue weighted by Gasteiger charge is -2.40. The highest BCUT2D eigenvalue weighted by Gasteiger charge is 2.40. The zero-order valence-electron chi connectivity index (χ0n) is 17.0. The number of hydrogen-bond donors (Lipinski definition) is 1. The van der Waals surface area contributed by atoms with Crippen molar-refractivity contribution >= 4 is 11.8 Å². The Morgan fingerprint density at radius 3 is 2.73 bits per heavy atom. The predicted molar refractivity (Wildman–Crippen MR) is 105 cm³/mol. The Kier molecular flexibility index (Phi) is 5.58. The van der Waals surface area contributed by atoms with Crippen LogP contribution in [-0.4, -0.2) is 40.5 Å². The highest BCUT2D eigenvalue weighted by atomic mass is 19.1. The number of benzene rings is 1. The van der Waals surface area contributed by atoms with Gasteiger partial charge in [-0.1, -0.05) is 31.8 Å². The van der Waals surface area contributed by atoms with Crippen LogP contribution in [0.25, 0.3) is 11.3 Å². The molecular formula is C22H25F2N3O3. The van der Waals surface area contributed by atoms with E-state index in [1.807, 2.05) is 13.8 Å². The van der Waals surface area contributed by atoms with Gasteiger partial charge in [-0.05, 0) is 36.8 Å². The molecule has 160 valence electrons. The monoisotopic (exact) mass is 417 g/mol. The van der Waals surface area contributed by atoms with Crippen molar-refractivity contribution < 1.29 is 22.9 Å². The smallest absolute Gasteiger partial charge is 0.276 e. The molecular weight excluding hydrogens is 392 g/mol. The minimum Gasteiger partial charge on any atom is -0.355 e. The largest absolute Gasteiger partial charge is 0.355 e. The molecule has 1 N–H and O–H groups in total. The van der Waals surface area contributed by atoms with Crippen molar-refractivity contribution in [1.29, 1.82) is 0 Å². The van der Waals surface area contributed by atoms with Crippen LogP contribution in [0.1, 0.15) is 50.0 Å². The van der Waals surface area contributed by atoms with Gasteiger partial charge in [0.25, 0.3) is 5.91 Å². The number of carbonyl (C=O) groups excluding carboxylic acids is 2. The summed E-state index contributed by atoms with van der Waals surface area (Å²) >= 11 is 0. The molecule has 2 aliphatic rings. The molecule has 0 unspecified atom stereocenters. The first-order valence-corrected chi connectivity index (χ1v) is 10.3. The number of amides is 2. The maximum atomic E-state index is 14.1. The van der Waals surface area contributed by atoms with E-state index in [0.717, 1.165) is 31.4 Å². The quantitative estimate of drug-likeness (QED) is 0.776. The summed E-state index contributed by atoms with van der Waals surface area (Å²) in [6.45, 7) is 4.40. The summed E-state index contributed by atoms with van der Waals surface area (Å²) in [7, 11) is 0. The summed E-state index contributed by atoms with van der Waals surface area (Å²) in [5, 5.41) is 6.87. The third-order valence-corrected chi connectivity index (χ3v) is 5.64. The van der Waals surface area contributed by atoms with Crippen molar-refractivity contribution in [3.8, 4) is 11.3 Å². The zero-order chi connectivity index (χ0) is 21.4. The molecule has 2 heterocycles. The highest BCUT2D eigenvalue weighted by molar-refractivity contribution is 5.97. The SMILES string of the molecule is CC(C)C[C@H]1C(=O)N[C@@H](CC2CC2)CN1C(=O)c1cc(-c2ccc(F)cc2F)on1. The average molecular weight is 417 g/mol. The molecule has 8 heteroatoms. The second-order valence-electron chi connectivity index (χ2n) is 8.69. The van der Waals surface area contributed by atoms with E-state index in [2.05, 4.69) is 10.5 Å². The van der Waals surface area contributed by atoms with Gasteiger partial charge in [-0.3, -0.25) is 9.59 Å². The van der Waals surface area contributed by atoms with Crippen molar-refractivity contribution in [3.63, 3.8) is 0 Å². The van der Waals surface area contributed by atoms with Crippen LogP contribution in [0.2, 0.25) is 0 Å². The highest BCUT2D eigenvalue weighted by Crippen LogP contribution is 2.35. The van der Waals surface area contributed by atoms with Crippen molar-refractivity contribution in [2.75, 3.05) is 6.54 Å². The van der Waals surface area contributed by atoms with E-state index in [4.69, 9.17) is 4.52 Å². The van der Waals surface area contributed by atoms with E-state index >= 15 is 0 Å². The van der Waals surface area contributed by atoms with Crippen LogP contribution >= 0.6 is 0 Å². The third-order valence-electron chi connectivity index (χ3n) is 5.64. The number of piperazine rings is 1. The van der Waals surface area contributed by atoms with E-state index in [9.17, 15) is 18.4 Å². The van der Waals surface area contributed by atoms with Gasteiger partial charge in [-0.15, -0.1) is 0 Å².